The van der Waals surface area contributed by atoms with Gasteiger partial charge in [0.05, 0.1) is 5.56 Å². The van der Waals surface area contributed by atoms with Crippen molar-refractivity contribution in [1.29, 1.82) is 0 Å². The summed E-state index contributed by atoms with van der Waals surface area (Å²) < 4.78 is 18.1. The van der Waals surface area contributed by atoms with Gasteiger partial charge in [0.25, 0.3) is 0 Å². The molecule has 0 heterocycles. The highest BCUT2D eigenvalue weighted by atomic mass is 19.1. The topological polar surface area (TPSA) is 66.8 Å². The minimum atomic E-state index is -1.14. The van der Waals surface area contributed by atoms with Gasteiger partial charge in [0.15, 0.2) is 0 Å². The number of carboxylic acids is 1. The molecule has 0 atom stereocenters. The fourth-order valence-electron chi connectivity index (χ4n) is 1.58. The van der Waals surface area contributed by atoms with E-state index in [9.17, 15) is 14.3 Å². The maximum absolute atomic E-state index is 12.7. The van der Waals surface area contributed by atoms with E-state index in [2.05, 4.69) is 0 Å². The molecule has 0 saturated heterocycles. The van der Waals surface area contributed by atoms with Gasteiger partial charge in [-0.1, -0.05) is 6.07 Å². The summed E-state index contributed by atoms with van der Waals surface area (Å²) in [6.07, 6.45) is 0. The van der Waals surface area contributed by atoms with Crippen LogP contribution in [0.25, 0.3) is 0 Å². The molecule has 0 bridgehead atoms. The van der Waals surface area contributed by atoms with E-state index in [-0.39, 0.29) is 23.7 Å². The van der Waals surface area contributed by atoms with Crippen LogP contribution in [-0.2, 0) is 6.61 Å². The van der Waals surface area contributed by atoms with Gasteiger partial charge in [0, 0.05) is 5.56 Å². The maximum atomic E-state index is 12.7. The lowest BCUT2D eigenvalue weighted by molar-refractivity contribution is 0.0693. The lowest BCUT2D eigenvalue weighted by atomic mass is 10.1. The molecule has 2 N–H and O–H groups in total. The van der Waals surface area contributed by atoms with E-state index in [1.165, 1.54) is 36.4 Å². The van der Waals surface area contributed by atoms with Gasteiger partial charge < -0.3 is 14.9 Å². The Hall–Kier alpha value is -2.56. The lowest BCUT2D eigenvalue weighted by Gasteiger charge is -2.09. The van der Waals surface area contributed by atoms with Crippen LogP contribution in [-0.4, -0.2) is 16.2 Å². The van der Waals surface area contributed by atoms with E-state index in [1.54, 1.807) is 0 Å². The first-order valence-corrected chi connectivity index (χ1v) is 5.50. The fraction of sp³-hybridized carbons (Fsp3) is 0.0714. The van der Waals surface area contributed by atoms with Crippen molar-refractivity contribution >= 4 is 5.97 Å². The number of aromatic hydroxyl groups is 1. The van der Waals surface area contributed by atoms with E-state index in [4.69, 9.17) is 9.84 Å². The second-order valence-electron chi connectivity index (χ2n) is 3.89. The molecular formula is C14H11FO4. The summed E-state index contributed by atoms with van der Waals surface area (Å²) in [7, 11) is 0. The van der Waals surface area contributed by atoms with Gasteiger partial charge in [-0.05, 0) is 36.4 Å². The number of hydrogen-bond acceptors (Lipinski definition) is 3. The third kappa shape index (κ3) is 3.22. The van der Waals surface area contributed by atoms with Crippen molar-refractivity contribution in [1.82, 2.24) is 0 Å². The average molecular weight is 262 g/mol. The van der Waals surface area contributed by atoms with E-state index in [0.29, 0.717) is 11.3 Å². The summed E-state index contributed by atoms with van der Waals surface area (Å²) in [6, 6.07) is 9.44. The molecule has 0 aromatic heterocycles. The highest BCUT2D eigenvalue weighted by molar-refractivity contribution is 5.89. The number of phenols is 1. The smallest absolute Gasteiger partial charge is 0.336 e. The Morgan fingerprint density at radius 3 is 2.47 bits per heavy atom. The van der Waals surface area contributed by atoms with Crippen LogP contribution in [0.3, 0.4) is 0 Å². The van der Waals surface area contributed by atoms with Crippen molar-refractivity contribution in [3.63, 3.8) is 0 Å². The van der Waals surface area contributed by atoms with Crippen LogP contribution in [0.2, 0.25) is 0 Å². The third-order valence-corrected chi connectivity index (χ3v) is 2.53. The number of carboxylic acid groups (broad SMARTS) is 1. The van der Waals surface area contributed by atoms with Crippen molar-refractivity contribution in [2.45, 2.75) is 6.61 Å². The molecule has 0 spiro atoms. The van der Waals surface area contributed by atoms with Crippen LogP contribution in [0.5, 0.6) is 11.5 Å². The van der Waals surface area contributed by atoms with Crippen molar-refractivity contribution in [2.24, 2.45) is 0 Å². The predicted octanol–water partition coefficient (Wildman–Crippen LogP) is 2.81. The molecule has 2 aromatic rings. The zero-order chi connectivity index (χ0) is 13.8. The Balaban J connectivity index is 2.15. The molecule has 0 aliphatic rings. The fourth-order valence-corrected chi connectivity index (χ4v) is 1.58. The number of phenolic OH excluding ortho intramolecular Hbond substituents is 1. The normalized spacial score (nSPS) is 10.2. The Bertz CT molecular complexity index is 593. The van der Waals surface area contributed by atoms with E-state index < -0.39 is 5.97 Å². The molecule has 0 aliphatic carbocycles. The largest absolute Gasteiger partial charge is 0.508 e. The standard InChI is InChI=1S/C14H11FO4/c15-10-2-5-12(6-3-10)19-8-9-1-4-11(16)7-13(9)14(17)18/h1-7,16H,8H2,(H,17,18). The van der Waals surface area contributed by atoms with Crippen LogP contribution in [0.1, 0.15) is 15.9 Å². The van der Waals surface area contributed by atoms with Gasteiger partial charge in [0.2, 0.25) is 0 Å². The van der Waals surface area contributed by atoms with E-state index >= 15 is 0 Å². The summed E-state index contributed by atoms with van der Waals surface area (Å²) in [6.45, 7) is 0.0214. The molecule has 19 heavy (non-hydrogen) atoms. The molecule has 98 valence electrons. The summed E-state index contributed by atoms with van der Waals surface area (Å²) in [5.41, 5.74) is 0.400. The Morgan fingerprint density at radius 1 is 1.16 bits per heavy atom. The number of halogens is 1. The number of aromatic carboxylic acids is 1. The van der Waals surface area contributed by atoms with Crippen LogP contribution in [0.4, 0.5) is 4.39 Å². The van der Waals surface area contributed by atoms with Crippen molar-refractivity contribution in [3.8, 4) is 11.5 Å². The van der Waals surface area contributed by atoms with Crippen LogP contribution in [0.15, 0.2) is 42.5 Å². The van der Waals surface area contributed by atoms with Gasteiger partial charge in [-0.2, -0.15) is 0 Å². The molecule has 0 saturated carbocycles. The first kappa shape index (κ1) is 12.9. The SMILES string of the molecule is O=C(O)c1cc(O)ccc1COc1ccc(F)cc1. The van der Waals surface area contributed by atoms with E-state index in [0.717, 1.165) is 6.07 Å². The molecule has 5 heteroatoms. The lowest BCUT2D eigenvalue weighted by Crippen LogP contribution is -2.05. The number of carbonyl (C=O) groups is 1. The number of ether oxygens (including phenoxy) is 1. The molecule has 0 amide bonds. The van der Waals surface area contributed by atoms with Gasteiger partial charge in [-0.25, -0.2) is 9.18 Å². The average Bonchev–Trinajstić information content (AvgIpc) is 2.39. The Kier molecular flexibility index (Phi) is 3.66. The molecular weight excluding hydrogens is 251 g/mol. The molecule has 2 aromatic carbocycles. The number of benzene rings is 2. The molecule has 0 unspecified atom stereocenters. The Morgan fingerprint density at radius 2 is 1.84 bits per heavy atom. The zero-order valence-electron chi connectivity index (χ0n) is 9.84. The predicted molar refractivity (Wildman–Crippen MR) is 65.8 cm³/mol. The monoisotopic (exact) mass is 262 g/mol. The highest BCUT2D eigenvalue weighted by Gasteiger charge is 2.11. The maximum Gasteiger partial charge on any atom is 0.336 e. The van der Waals surface area contributed by atoms with Crippen molar-refractivity contribution < 1.29 is 24.1 Å². The first-order valence-electron chi connectivity index (χ1n) is 5.50. The summed E-state index contributed by atoms with van der Waals surface area (Å²) in [4.78, 5) is 11.0. The first-order chi connectivity index (χ1) is 9.06. The van der Waals surface area contributed by atoms with Gasteiger partial charge in [-0.3, -0.25) is 0 Å². The van der Waals surface area contributed by atoms with E-state index in [1.807, 2.05) is 0 Å². The molecule has 0 fully saturated rings. The number of hydrogen-bond donors (Lipinski definition) is 2. The second kappa shape index (κ2) is 5.39. The summed E-state index contributed by atoms with van der Waals surface area (Å²) >= 11 is 0. The quantitative estimate of drug-likeness (QED) is 0.889. The molecule has 0 aliphatic heterocycles. The van der Waals surface area contributed by atoms with Crippen LogP contribution in [0, 0.1) is 5.82 Å². The van der Waals surface area contributed by atoms with Gasteiger partial charge >= 0.3 is 5.97 Å². The summed E-state index contributed by atoms with van der Waals surface area (Å²) in [5.74, 6) is -1.20. The van der Waals surface area contributed by atoms with Crippen LogP contribution < -0.4 is 4.74 Å². The highest BCUT2D eigenvalue weighted by Crippen LogP contribution is 2.19. The van der Waals surface area contributed by atoms with Crippen molar-refractivity contribution in [3.05, 3.63) is 59.4 Å². The molecule has 0 radical (unpaired) electrons. The zero-order valence-corrected chi connectivity index (χ0v) is 9.84. The second-order valence-corrected chi connectivity index (χ2v) is 3.89. The minimum Gasteiger partial charge on any atom is -0.508 e. The van der Waals surface area contributed by atoms with Crippen LogP contribution >= 0.6 is 0 Å². The minimum absolute atomic E-state index is 0.0214. The third-order valence-electron chi connectivity index (χ3n) is 2.53. The van der Waals surface area contributed by atoms with Crippen molar-refractivity contribution in [2.75, 3.05) is 0 Å². The van der Waals surface area contributed by atoms with Gasteiger partial charge in [-0.15, -0.1) is 0 Å². The molecule has 4 nitrogen and oxygen atoms in total. The molecule has 2 rings (SSSR count). The summed E-state index contributed by atoms with van der Waals surface area (Å²) in [5, 5.41) is 18.3. The number of rotatable bonds is 4. The Labute approximate surface area is 108 Å². The van der Waals surface area contributed by atoms with Gasteiger partial charge in [0.1, 0.15) is 23.9 Å².